The molecule has 0 aromatic rings. The minimum atomic E-state index is -0.320. The van der Waals surface area contributed by atoms with Crippen molar-refractivity contribution in [2.75, 3.05) is 0 Å². The predicted octanol–water partition coefficient (Wildman–Crippen LogP) is 7.24. The molecule has 0 saturated heterocycles. The van der Waals surface area contributed by atoms with Gasteiger partial charge in [-0.25, -0.2) is 0 Å². The van der Waals surface area contributed by atoms with Crippen LogP contribution in [0.4, 0.5) is 0 Å². The zero-order chi connectivity index (χ0) is 23.4. The minimum Gasteiger partial charge on any atom is -0.393 e. The highest BCUT2D eigenvalue weighted by molar-refractivity contribution is 5.28. The third-order valence-corrected chi connectivity index (χ3v) is 11.6. The van der Waals surface area contributed by atoms with E-state index in [1.54, 1.807) is 0 Å². The minimum absolute atomic E-state index is 0.194. The molecule has 0 radical (unpaired) electrons. The molecule has 0 bridgehead atoms. The second-order valence-electron chi connectivity index (χ2n) is 13.5. The fraction of sp³-hybridized carbons (Fsp3) is 0.933. The lowest BCUT2D eigenvalue weighted by Crippen LogP contribution is -2.55. The van der Waals surface area contributed by atoms with Crippen LogP contribution in [0.3, 0.4) is 0 Å². The van der Waals surface area contributed by atoms with Crippen LogP contribution in [0.15, 0.2) is 11.6 Å². The smallest absolute Gasteiger partial charge is 0.0757 e. The van der Waals surface area contributed by atoms with Crippen molar-refractivity contribution >= 4 is 0 Å². The summed E-state index contributed by atoms with van der Waals surface area (Å²) >= 11 is 0. The molecule has 2 heteroatoms. The molecule has 0 amide bonds. The van der Waals surface area contributed by atoms with E-state index in [1.807, 2.05) is 0 Å². The summed E-state index contributed by atoms with van der Waals surface area (Å²) < 4.78 is 0. The van der Waals surface area contributed by atoms with E-state index in [2.05, 4.69) is 54.5 Å². The van der Waals surface area contributed by atoms with E-state index in [1.165, 1.54) is 44.1 Å². The van der Waals surface area contributed by atoms with Crippen LogP contribution < -0.4 is 0 Å². The Hall–Kier alpha value is -0.340. The Morgan fingerprint density at radius 2 is 1.78 bits per heavy atom. The molecule has 0 aromatic carbocycles. The lowest BCUT2D eigenvalue weighted by atomic mass is 9.45. The van der Waals surface area contributed by atoms with Crippen molar-refractivity contribution in [2.45, 2.75) is 118 Å². The van der Waals surface area contributed by atoms with Crippen molar-refractivity contribution in [1.29, 1.82) is 0 Å². The monoisotopic (exact) mass is 444 g/mol. The Balaban J connectivity index is 1.56. The van der Waals surface area contributed by atoms with Gasteiger partial charge >= 0.3 is 0 Å². The molecule has 3 fully saturated rings. The molecule has 4 rings (SSSR count). The Morgan fingerprint density at radius 3 is 2.44 bits per heavy atom. The van der Waals surface area contributed by atoms with Gasteiger partial charge < -0.3 is 10.2 Å². The second-order valence-corrected chi connectivity index (χ2v) is 13.5. The molecule has 0 heterocycles. The Kier molecular flexibility index (Phi) is 6.99. The molecule has 4 aliphatic rings. The first kappa shape index (κ1) is 24.8. The molecule has 0 aliphatic heterocycles. The highest BCUT2D eigenvalue weighted by atomic mass is 16.3. The highest BCUT2D eigenvalue weighted by Crippen LogP contribution is 2.68. The van der Waals surface area contributed by atoms with Gasteiger partial charge in [0.05, 0.1) is 12.2 Å². The third kappa shape index (κ3) is 3.94. The lowest BCUT2D eigenvalue weighted by molar-refractivity contribution is -0.105. The number of hydrogen-bond acceptors (Lipinski definition) is 2. The standard InChI is InChI=1S/C30H52O2/c1-8-21(18(2)3)10-9-19(4)25-15-20(5)28-27-24(12-14-30(25,28)7)29(6)13-11-23(31)16-22(29)17-26(27)32/h17-21,23-28,31-32H,8-16H2,1-7H3. The normalized spacial score (nSPS) is 47.9. The van der Waals surface area contributed by atoms with Gasteiger partial charge in [-0.3, -0.25) is 0 Å². The number of rotatable bonds is 6. The first-order chi connectivity index (χ1) is 15.0. The fourth-order valence-electron chi connectivity index (χ4n) is 9.77. The average molecular weight is 445 g/mol. The highest BCUT2D eigenvalue weighted by Gasteiger charge is 2.63. The maximum Gasteiger partial charge on any atom is 0.0757 e. The zero-order valence-corrected chi connectivity index (χ0v) is 22.1. The molecule has 32 heavy (non-hydrogen) atoms. The lowest BCUT2D eigenvalue weighted by Gasteiger charge is -2.60. The summed E-state index contributed by atoms with van der Waals surface area (Å²) in [4.78, 5) is 0. The summed E-state index contributed by atoms with van der Waals surface area (Å²) in [5.41, 5.74) is 1.93. The largest absolute Gasteiger partial charge is 0.393 e. The average Bonchev–Trinajstić information content (AvgIpc) is 3.00. The van der Waals surface area contributed by atoms with Crippen molar-refractivity contribution in [3.05, 3.63) is 11.6 Å². The Bertz CT molecular complexity index is 697. The van der Waals surface area contributed by atoms with Gasteiger partial charge in [-0.1, -0.05) is 73.0 Å². The van der Waals surface area contributed by atoms with Crippen LogP contribution in [-0.4, -0.2) is 22.4 Å². The summed E-state index contributed by atoms with van der Waals surface area (Å²) in [5.74, 6) is 5.57. The molecule has 0 aromatic heterocycles. The third-order valence-electron chi connectivity index (χ3n) is 11.6. The van der Waals surface area contributed by atoms with E-state index >= 15 is 0 Å². The zero-order valence-electron chi connectivity index (χ0n) is 22.1. The van der Waals surface area contributed by atoms with Crippen LogP contribution in [-0.2, 0) is 0 Å². The maximum atomic E-state index is 11.5. The van der Waals surface area contributed by atoms with E-state index < -0.39 is 0 Å². The van der Waals surface area contributed by atoms with Crippen molar-refractivity contribution in [3.8, 4) is 0 Å². The van der Waals surface area contributed by atoms with Gasteiger partial charge in [-0.05, 0) is 103 Å². The molecule has 184 valence electrons. The van der Waals surface area contributed by atoms with Crippen LogP contribution in [0.25, 0.3) is 0 Å². The van der Waals surface area contributed by atoms with Gasteiger partial charge in [0.25, 0.3) is 0 Å². The van der Waals surface area contributed by atoms with Gasteiger partial charge in [0.1, 0.15) is 0 Å². The fourth-order valence-corrected chi connectivity index (χ4v) is 9.77. The van der Waals surface area contributed by atoms with Crippen molar-refractivity contribution < 1.29 is 10.2 Å². The first-order valence-electron chi connectivity index (χ1n) is 14.1. The van der Waals surface area contributed by atoms with Crippen LogP contribution >= 0.6 is 0 Å². The number of aliphatic hydroxyl groups excluding tert-OH is 2. The first-order valence-corrected chi connectivity index (χ1v) is 14.1. The van der Waals surface area contributed by atoms with Crippen LogP contribution in [0.1, 0.15) is 106 Å². The van der Waals surface area contributed by atoms with Gasteiger partial charge in [-0.2, -0.15) is 0 Å². The van der Waals surface area contributed by atoms with Gasteiger partial charge in [-0.15, -0.1) is 0 Å². The molecular formula is C30H52O2. The molecular weight excluding hydrogens is 392 g/mol. The van der Waals surface area contributed by atoms with Crippen LogP contribution in [0, 0.1) is 58.2 Å². The molecule has 2 N–H and O–H groups in total. The number of aliphatic hydroxyl groups is 2. The van der Waals surface area contributed by atoms with Crippen LogP contribution in [0.2, 0.25) is 0 Å². The predicted molar refractivity (Wildman–Crippen MR) is 134 cm³/mol. The Morgan fingerprint density at radius 1 is 1.06 bits per heavy atom. The number of hydrogen-bond donors (Lipinski definition) is 2. The van der Waals surface area contributed by atoms with E-state index in [4.69, 9.17) is 0 Å². The van der Waals surface area contributed by atoms with Crippen molar-refractivity contribution in [3.63, 3.8) is 0 Å². The molecule has 3 saturated carbocycles. The second kappa shape index (κ2) is 9.03. The summed E-state index contributed by atoms with van der Waals surface area (Å²) in [6, 6.07) is 0. The van der Waals surface area contributed by atoms with Crippen LogP contribution in [0.5, 0.6) is 0 Å². The SMILES string of the molecule is CCC(CCC(C)C1CC(C)C2C3C(O)C=C4CC(O)CCC4(C)C3CCC12C)C(C)C. The summed E-state index contributed by atoms with van der Waals surface area (Å²) in [5, 5.41) is 21.8. The van der Waals surface area contributed by atoms with Gasteiger partial charge in [0, 0.05) is 0 Å². The van der Waals surface area contributed by atoms with Gasteiger partial charge in [0.15, 0.2) is 0 Å². The number of fused-ring (bicyclic) bond motifs is 5. The molecule has 2 nitrogen and oxygen atoms in total. The van der Waals surface area contributed by atoms with E-state index in [0.29, 0.717) is 29.1 Å². The maximum absolute atomic E-state index is 11.5. The summed E-state index contributed by atoms with van der Waals surface area (Å²) in [6.45, 7) is 17.3. The molecule has 0 spiro atoms. The van der Waals surface area contributed by atoms with Crippen molar-refractivity contribution in [1.82, 2.24) is 0 Å². The van der Waals surface area contributed by atoms with Crippen molar-refractivity contribution in [2.24, 2.45) is 58.2 Å². The quantitative estimate of drug-likeness (QED) is 0.424. The molecule has 11 unspecified atom stereocenters. The molecule has 11 atom stereocenters. The Labute approximate surface area is 198 Å². The molecule has 4 aliphatic carbocycles. The van der Waals surface area contributed by atoms with Gasteiger partial charge in [0.2, 0.25) is 0 Å². The topological polar surface area (TPSA) is 40.5 Å². The van der Waals surface area contributed by atoms with E-state index in [0.717, 1.165) is 42.9 Å². The van der Waals surface area contributed by atoms with E-state index in [9.17, 15) is 10.2 Å². The summed E-state index contributed by atoms with van der Waals surface area (Å²) in [7, 11) is 0. The summed E-state index contributed by atoms with van der Waals surface area (Å²) in [6.07, 6.45) is 12.5. The van der Waals surface area contributed by atoms with E-state index in [-0.39, 0.29) is 17.6 Å².